The Labute approximate surface area is 167 Å². The lowest BCUT2D eigenvalue weighted by atomic mass is 9.76. The van der Waals surface area contributed by atoms with Crippen molar-refractivity contribution >= 4 is 6.21 Å². The predicted octanol–water partition coefficient (Wildman–Crippen LogP) is 5.14. The summed E-state index contributed by atoms with van der Waals surface area (Å²) in [5.74, 6) is 0.249. The Morgan fingerprint density at radius 3 is 2.71 bits per heavy atom. The lowest BCUT2D eigenvalue weighted by Crippen LogP contribution is -2.35. The van der Waals surface area contributed by atoms with Crippen molar-refractivity contribution in [2.45, 2.75) is 50.9 Å². The van der Waals surface area contributed by atoms with Crippen molar-refractivity contribution in [3.8, 4) is 0 Å². The van der Waals surface area contributed by atoms with Gasteiger partial charge in [-0.1, -0.05) is 67.1 Å². The highest BCUT2D eigenvalue weighted by atomic mass is 16.5. The topological polar surface area (TPSA) is 41.8 Å². The van der Waals surface area contributed by atoms with E-state index in [1.807, 2.05) is 24.4 Å². The molecule has 4 atom stereocenters. The third-order valence-electron chi connectivity index (χ3n) is 6.28. The lowest BCUT2D eigenvalue weighted by molar-refractivity contribution is 0.0172. The van der Waals surface area contributed by atoms with Crippen molar-refractivity contribution in [1.82, 2.24) is 0 Å². The maximum absolute atomic E-state index is 10.9. The Kier molecular flexibility index (Phi) is 5.47. The molecule has 2 aromatic carbocycles. The summed E-state index contributed by atoms with van der Waals surface area (Å²) in [6.45, 7) is 5.06. The predicted molar refractivity (Wildman–Crippen MR) is 114 cm³/mol. The van der Waals surface area contributed by atoms with Crippen LogP contribution in [0.1, 0.15) is 54.2 Å². The zero-order valence-electron chi connectivity index (χ0n) is 16.7. The van der Waals surface area contributed by atoms with Gasteiger partial charge in [0, 0.05) is 12.6 Å². The molecule has 4 unspecified atom stereocenters. The minimum atomic E-state index is -0.539. The smallest absolute Gasteiger partial charge is 0.0845 e. The molecule has 0 bridgehead atoms. The Bertz CT molecular complexity index is 856. The number of fused-ring (bicyclic) bond motifs is 1. The molecule has 1 N–H and O–H groups in total. The van der Waals surface area contributed by atoms with Gasteiger partial charge in [-0.2, -0.15) is 0 Å². The number of aliphatic hydroxyl groups is 1. The van der Waals surface area contributed by atoms with E-state index in [4.69, 9.17) is 9.73 Å². The van der Waals surface area contributed by atoms with Crippen molar-refractivity contribution in [3.05, 3.63) is 82.9 Å². The lowest BCUT2D eigenvalue weighted by Gasteiger charge is -2.36. The number of rotatable bonds is 6. The normalized spacial score (nSPS) is 25.5. The van der Waals surface area contributed by atoms with Gasteiger partial charge in [0.05, 0.1) is 24.4 Å². The van der Waals surface area contributed by atoms with Crippen LogP contribution >= 0.6 is 0 Å². The molecule has 146 valence electrons. The second-order valence-electron chi connectivity index (χ2n) is 8.20. The molecule has 0 saturated heterocycles. The summed E-state index contributed by atoms with van der Waals surface area (Å²) >= 11 is 0. The molecule has 2 heterocycles. The van der Waals surface area contributed by atoms with Crippen LogP contribution in [0.5, 0.6) is 0 Å². The highest BCUT2D eigenvalue weighted by Crippen LogP contribution is 2.42. The van der Waals surface area contributed by atoms with E-state index in [9.17, 15) is 5.11 Å². The summed E-state index contributed by atoms with van der Waals surface area (Å²) in [5.41, 5.74) is 4.46. The molecule has 0 saturated carbocycles. The summed E-state index contributed by atoms with van der Waals surface area (Å²) in [4.78, 5) is 4.82. The van der Waals surface area contributed by atoms with Crippen LogP contribution in [0, 0.1) is 12.8 Å². The van der Waals surface area contributed by atoms with E-state index in [1.165, 1.54) is 16.7 Å². The third-order valence-corrected chi connectivity index (χ3v) is 6.28. The fourth-order valence-electron chi connectivity index (χ4n) is 4.46. The number of aliphatic hydroxyl groups excluding tert-OH is 1. The number of ether oxygens (including phenoxy) is 1. The maximum Gasteiger partial charge on any atom is 0.0845 e. The van der Waals surface area contributed by atoms with Gasteiger partial charge in [0.2, 0.25) is 0 Å². The van der Waals surface area contributed by atoms with E-state index in [-0.39, 0.29) is 17.6 Å². The van der Waals surface area contributed by atoms with Crippen LogP contribution in [0.25, 0.3) is 0 Å². The van der Waals surface area contributed by atoms with Gasteiger partial charge in [-0.05, 0) is 48.4 Å². The van der Waals surface area contributed by atoms with Crippen LogP contribution < -0.4 is 0 Å². The fourth-order valence-corrected chi connectivity index (χ4v) is 4.46. The first kappa shape index (κ1) is 19.1. The summed E-state index contributed by atoms with van der Waals surface area (Å²) in [6.07, 6.45) is 8.04. The maximum atomic E-state index is 10.9. The second kappa shape index (κ2) is 8.02. The van der Waals surface area contributed by atoms with Crippen LogP contribution in [0.2, 0.25) is 0 Å². The molecular formula is C25H29NO2. The SMILES string of the molecule is Cc1ccc(C(O)CC2(C(C)CC3OCCc4ccccc43)C=CC=N2)cc1. The summed E-state index contributed by atoms with van der Waals surface area (Å²) in [5, 5.41) is 10.9. The van der Waals surface area contributed by atoms with Crippen LogP contribution in [0.4, 0.5) is 0 Å². The molecule has 28 heavy (non-hydrogen) atoms. The van der Waals surface area contributed by atoms with Crippen molar-refractivity contribution in [2.24, 2.45) is 10.9 Å². The van der Waals surface area contributed by atoms with E-state index in [0.717, 1.165) is 25.0 Å². The average molecular weight is 376 g/mol. The molecule has 0 aliphatic carbocycles. The number of hydrogen-bond donors (Lipinski definition) is 1. The third kappa shape index (κ3) is 3.82. The van der Waals surface area contributed by atoms with Crippen LogP contribution in [0.15, 0.2) is 65.7 Å². The highest BCUT2D eigenvalue weighted by molar-refractivity contribution is 5.75. The summed E-state index contributed by atoms with van der Waals surface area (Å²) in [7, 11) is 0. The van der Waals surface area contributed by atoms with E-state index in [1.54, 1.807) is 0 Å². The molecular weight excluding hydrogens is 346 g/mol. The molecule has 3 heteroatoms. The van der Waals surface area contributed by atoms with Gasteiger partial charge >= 0.3 is 0 Å². The molecule has 2 aliphatic heterocycles. The monoisotopic (exact) mass is 375 g/mol. The van der Waals surface area contributed by atoms with Crippen LogP contribution in [0.3, 0.4) is 0 Å². The van der Waals surface area contributed by atoms with Crippen molar-refractivity contribution in [3.63, 3.8) is 0 Å². The van der Waals surface area contributed by atoms with E-state index in [2.05, 4.69) is 56.3 Å². The molecule has 0 fully saturated rings. The first-order valence-electron chi connectivity index (χ1n) is 10.2. The molecule has 2 aliphatic rings. The van der Waals surface area contributed by atoms with Crippen LogP contribution in [-0.4, -0.2) is 23.5 Å². The van der Waals surface area contributed by atoms with Crippen molar-refractivity contribution in [2.75, 3.05) is 6.61 Å². The molecule has 0 spiro atoms. The van der Waals surface area contributed by atoms with Gasteiger partial charge in [-0.3, -0.25) is 4.99 Å². The standard InChI is InChI=1S/C25H29NO2/c1-18-8-10-21(11-9-18)23(27)17-25(13-5-14-26-25)19(2)16-24-22-7-4-3-6-20(22)12-15-28-24/h3-11,13-14,19,23-24,27H,12,15-17H2,1-2H3. The molecule has 4 rings (SSSR count). The first-order valence-corrected chi connectivity index (χ1v) is 10.2. The Morgan fingerprint density at radius 1 is 1.18 bits per heavy atom. The Morgan fingerprint density at radius 2 is 1.96 bits per heavy atom. The largest absolute Gasteiger partial charge is 0.388 e. The van der Waals surface area contributed by atoms with Gasteiger partial charge in [0.15, 0.2) is 0 Å². The van der Waals surface area contributed by atoms with E-state index in [0.29, 0.717) is 6.42 Å². The number of nitrogens with zero attached hydrogens (tertiary/aromatic N) is 1. The Hall–Kier alpha value is -2.23. The van der Waals surface area contributed by atoms with Gasteiger partial charge in [0.25, 0.3) is 0 Å². The number of aryl methyl sites for hydroxylation is 1. The average Bonchev–Trinajstić information content (AvgIpc) is 3.18. The number of allylic oxidation sites excluding steroid dienone is 1. The van der Waals surface area contributed by atoms with Crippen molar-refractivity contribution in [1.29, 1.82) is 0 Å². The quantitative estimate of drug-likeness (QED) is 0.760. The number of benzene rings is 2. The van der Waals surface area contributed by atoms with Gasteiger partial charge in [-0.15, -0.1) is 0 Å². The minimum absolute atomic E-state index is 0.0949. The summed E-state index contributed by atoms with van der Waals surface area (Å²) < 4.78 is 6.14. The van der Waals surface area contributed by atoms with Crippen LogP contribution in [-0.2, 0) is 11.2 Å². The second-order valence-corrected chi connectivity index (χ2v) is 8.20. The van der Waals surface area contributed by atoms with E-state index < -0.39 is 6.10 Å². The number of hydrogen-bond acceptors (Lipinski definition) is 3. The number of aliphatic imine (C=N–C) groups is 1. The molecule has 0 radical (unpaired) electrons. The minimum Gasteiger partial charge on any atom is -0.388 e. The van der Waals surface area contributed by atoms with E-state index >= 15 is 0 Å². The fraction of sp³-hybridized carbons (Fsp3) is 0.400. The Balaban J connectivity index is 1.52. The van der Waals surface area contributed by atoms with Crippen molar-refractivity contribution < 1.29 is 9.84 Å². The van der Waals surface area contributed by atoms with Gasteiger partial charge < -0.3 is 9.84 Å². The zero-order chi connectivity index (χ0) is 19.6. The van der Waals surface area contributed by atoms with Gasteiger partial charge in [-0.25, -0.2) is 0 Å². The molecule has 0 amide bonds. The molecule has 3 nitrogen and oxygen atoms in total. The highest BCUT2D eigenvalue weighted by Gasteiger charge is 2.39. The molecule has 0 aromatic heterocycles. The summed E-state index contributed by atoms with van der Waals surface area (Å²) in [6, 6.07) is 16.7. The molecule has 2 aromatic rings. The van der Waals surface area contributed by atoms with Gasteiger partial charge in [0.1, 0.15) is 0 Å². The first-order chi connectivity index (χ1) is 13.6. The zero-order valence-corrected chi connectivity index (χ0v) is 16.7.